The first-order chi connectivity index (χ1) is 15.4. The SMILES string of the molecule is C=[N+]=C(c1ccccc1)c1cc(Cl)ccc1N(CCCC(=O)OC)C(=O)CC(CC)CC. The van der Waals surface area contributed by atoms with Crippen LogP contribution in [0.4, 0.5) is 5.69 Å². The van der Waals surface area contributed by atoms with Crippen molar-refractivity contribution in [3.8, 4) is 0 Å². The number of halogens is 1. The molecule has 32 heavy (non-hydrogen) atoms. The quantitative estimate of drug-likeness (QED) is 0.270. The number of esters is 1. The van der Waals surface area contributed by atoms with E-state index in [9.17, 15) is 9.59 Å². The van der Waals surface area contributed by atoms with Crippen LogP contribution in [-0.4, -0.2) is 38.0 Å². The van der Waals surface area contributed by atoms with E-state index in [1.54, 1.807) is 11.0 Å². The van der Waals surface area contributed by atoms with Crippen LogP contribution in [0.3, 0.4) is 0 Å². The average molecular weight is 456 g/mol. The molecule has 0 aliphatic heterocycles. The molecule has 0 saturated heterocycles. The Hall–Kier alpha value is -2.88. The van der Waals surface area contributed by atoms with Crippen molar-refractivity contribution in [2.75, 3.05) is 18.6 Å². The molecule has 0 bridgehead atoms. The van der Waals surface area contributed by atoms with Gasteiger partial charge in [0.05, 0.1) is 23.9 Å². The van der Waals surface area contributed by atoms with Crippen molar-refractivity contribution < 1.29 is 14.3 Å². The van der Waals surface area contributed by atoms with Gasteiger partial charge in [0, 0.05) is 24.4 Å². The summed E-state index contributed by atoms with van der Waals surface area (Å²) in [5.41, 5.74) is 2.97. The molecule has 0 heterocycles. The van der Waals surface area contributed by atoms with Crippen LogP contribution in [0.15, 0.2) is 48.5 Å². The molecule has 0 fully saturated rings. The van der Waals surface area contributed by atoms with Crippen molar-refractivity contribution in [3.63, 3.8) is 0 Å². The summed E-state index contributed by atoms with van der Waals surface area (Å²) in [4.78, 5) is 26.8. The third kappa shape index (κ3) is 6.81. The minimum atomic E-state index is -0.294. The molecule has 1 amide bonds. The van der Waals surface area contributed by atoms with Crippen LogP contribution in [0, 0.1) is 5.92 Å². The molecule has 0 spiro atoms. The molecule has 0 saturated carbocycles. The maximum absolute atomic E-state index is 13.4. The predicted molar refractivity (Wildman–Crippen MR) is 133 cm³/mol. The number of hydrogen-bond acceptors (Lipinski definition) is 3. The molecule has 2 aromatic carbocycles. The van der Waals surface area contributed by atoms with E-state index >= 15 is 0 Å². The van der Waals surface area contributed by atoms with Gasteiger partial charge in [0.25, 0.3) is 6.72 Å². The Bertz CT molecular complexity index is 964. The monoisotopic (exact) mass is 455 g/mol. The smallest absolute Gasteiger partial charge is 0.342 e. The maximum Gasteiger partial charge on any atom is 0.342 e. The number of hydrogen-bond donors (Lipinski definition) is 0. The van der Waals surface area contributed by atoms with E-state index in [4.69, 9.17) is 16.3 Å². The van der Waals surface area contributed by atoms with Gasteiger partial charge in [-0.3, -0.25) is 9.59 Å². The highest BCUT2D eigenvalue weighted by atomic mass is 35.5. The normalized spacial score (nSPS) is 10.5. The van der Waals surface area contributed by atoms with E-state index in [2.05, 4.69) is 25.2 Å². The molecule has 2 aromatic rings. The second-order valence-corrected chi connectivity index (χ2v) is 8.08. The lowest BCUT2D eigenvalue weighted by Gasteiger charge is -2.26. The van der Waals surface area contributed by atoms with Gasteiger partial charge in [-0.2, -0.15) is 0 Å². The summed E-state index contributed by atoms with van der Waals surface area (Å²) in [6.45, 7) is 8.35. The van der Waals surface area contributed by atoms with Gasteiger partial charge in [-0.25, -0.2) is 0 Å². The summed E-state index contributed by atoms with van der Waals surface area (Å²) >= 11 is 6.34. The number of ether oxygens (including phenoxy) is 1. The standard InChI is InChI=1S/C26H32ClN2O3/c1-5-19(6-2)17-24(30)29(16-10-13-25(31)32-4)23-15-14-21(27)18-22(23)26(28-3)20-11-8-7-9-12-20/h7-9,11-12,14-15,18-19H,3,5-6,10,13,16-17H2,1-2,4H3/q+1. The third-order valence-electron chi connectivity index (χ3n) is 5.62. The van der Waals surface area contributed by atoms with Gasteiger partial charge < -0.3 is 9.64 Å². The highest BCUT2D eigenvalue weighted by Gasteiger charge is 2.27. The van der Waals surface area contributed by atoms with Gasteiger partial charge in [0.1, 0.15) is 0 Å². The highest BCUT2D eigenvalue weighted by Crippen LogP contribution is 2.29. The lowest BCUT2D eigenvalue weighted by Crippen LogP contribution is -2.35. The zero-order chi connectivity index (χ0) is 23.5. The minimum absolute atomic E-state index is 0.0172. The van der Waals surface area contributed by atoms with E-state index in [0.29, 0.717) is 41.7 Å². The lowest BCUT2D eigenvalue weighted by molar-refractivity contribution is -0.140. The van der Waals surface area contributed by atoms with Crippen molar-refractivity contribution in [3.05, 3.63) is 64.7 Å². The Morgan fingerprint density at radius 1 is 1.12 bits per heavy atom. The molecule has 170 valence electrons. The Morgan fingerprint density at radius 3 is 2.41 bits per heavy atom. The number of rotatable bonds is 11. The van der Waals surface area contributed by atoms with Crippen molar-refractivity contribution in [2.24, 2.45) is 5.92 Å². The van der Waals surface area contributed by atoms with E-state index < -0.39 is 0 Å². The van der Waals surface area contributed by atoms with Crippen molar-refractivity contribution >= 4 is 41.6 Å². The minimum Gasteiger partial charge on any atom is -0.469 e. The molecule has 5 nitrogen and oxygen atoms in total. The first kappa shape index (κ1) is 25.4. The lowest BCUT2D eigenvalue weighted by atomic mass is 9.97. The second-order valence-electron chi connectivity index (χ2n) is 7.65. The Labute approximate surface area is 195 Å². The van der Waals surface area contributed by atoms with Crippen molar-refractivity contribution in [1.82, 2.24) is 4.67 Å². The number of benzene rings is 2. The maximum atomic E-state index is 13.4. The van der Waals surface area contributed by atoms with Crippen LogP contribution in [0.25, 0.3) is 0 Å². The molecule has 0 aliphatic carbocycles. The summed E-state index contributed by atoms with van der Waals surface area (Å²) in [6, 6.07) is 15.1. The molecular weight excluding hydrogens is 424 g/mol. The largest absolute Gasteiger partial charge is 0.469 e. The summed E-state index contributed by atoms with van der Waals surface area (Å²) in [5, 5.41) is 0.544. The molecule has 2 rings (SSSR count). The summed E-state index contributed by atoms with van der Waals surface area (Å²) in [5.74, 6) is 0.0260. The van der Waals surface area contributed by atoms with Crippen LogP contribution >= 0.6 is 11.6 Å². The van der Waals surface area contributed by atoms with E-state index in [0.717, 1.165) is 24.0 Å². The fraction of sp³-hybridized carbons (Fsp3) is 0.385. The molecular formula is C26H32ClN2O3+. The van der Waals surface area contributed by atoms with Crippen molar-refractivity contribution in [1.29, 1.82) is 0 Å². The van der Waals surface area contributed by atoms with Crippen LogP contribution in [0.1, 0.15) is 57.1 Å². The Morgan fingerprint density at radius 2 is 1.81 bits per heavy atom. The van der Waals surface area contributed by atoms with Gasteiger partial charge in [-0.05, 0) is 42.7 Å². The number of nitrogens with zero attached hydrogens (tertiary/aromatic N) is 2. The van der Waals surface area contributed by atoms with E-state index in [1.807, 2.05) is 42.5 Å². The van der Waals surface area contributed by atoms with Crippen molar-refractivity contribution in [2.45, 2.75) is 46.0 Å². The molecule has 0 unspecified atom stereocenters. The van der Waals surface area contributed by atoms with Gasteiger partial charge in [0.2, 0.25) is 5.91 Å². The topological polar surface area (TPSA) is 60.7 Å². The van der Waals surface area contributed by atoms with E-state index in [1.165, 1.54) is 7.11 Å². The fourth-order valence-corrected chi connectivity index (χ4v) is 3.83. The molecule has 0 N–H and O–H groups in total. The first-order valence-corrected chi connectivity index (χ1v) is 11.4. The van der Waals surface area contributed by atoms with E-state index in [-0.39, 0.29) is 18.3 Å². The number of anilines is 1. The molecule has 0 aromatic heterocycles. The Kier molecular flexibility index (Phi) is 10.2. The number of amides is 1. The fourth-order valence-electron chi connectivity index (χ4n) is 3.66. The molecule has 6 heteroatoms. The van der Waals surface area contributed by atoms with Crippen LogP contribution in [-0.2, 0) is 14.3 Å². The zero-order valence-corrected chi connectivity index (χ0v) is 19.9. The summed E-state index contributed by atoms with van der Waals surface area (Å²) in [6.07, 6.45) is 3.03. The Balaban J connectivity index is 2.50. The predicted octanol–water partition coefficient (Wildman–Crippen LogP) is 5.06. The van der Waals surface area contributed by atoms with Crippen LogP contribution < -0.4 is 9.57 Å². The van der Waals surface area contributed by atoms with Gasteiger partial charge in [0.15, 0.2) is 0 Å². The number of methoxy groups -OCH3 is 1. The van der Waals surface area contributed by atoms with Crippen LogP contribution in [0.2, 0.25) is 5.02 Å². The van der Waals surface area contributed by atoms with Gasteiger partial charge >= 0.3 is 11.7 Å². The zero-order valence-electron chi connectivity index (χ0n) is 19.1. The second kappa shape index (κ2) is 12.8. The summed E-state index contributed by atoms with van der Waals surface area (Å²) < 4.78 is 9.05. The molecule has 0 atom stereocenters. The van der Waals surface area contributed by atoms with Gasteiger partial charge in [-0.1, -0.05) is 61.2 Å². The third-order valence-corrected chi connectivity index (χ3v) is 5.85. The average Bonchev–Trinajstić information content (AvgIpc) is 2.81. The molecule has 0 radical (unpaired) electrons. The molecule has 0 aliphatic rings. The van der Waals surface area contributed by atoms with Gasteiger partial charge in [-0.15, -0.1) is 0 Å². The summed E-state index contributed by atoms with van der Waals surface area (Å²) in [7, 11) is 1.37. The first-order valence-electron chi connectivity index (χ1n) is 11.0. The van der Waals surface area contributed by atoms with Crippen LogP contribution in [0.5, 0.6) is 0 Å². The number of carbonyl (C=O) groups excluding carboxylic acids is 2. The highest BCUT2D eigenvalue weighted by molar-refractivity contribution is 6.31. The number of carbonyl (C=O) groups is 2.